The molecule has 1 fully saturated rings. The van der Waals surface area contributed by atoms with Crippen LogP contribution in [0.3, 0.4) is 0 Å². The number of carboxylic acid groups (broad SMARTS) is 1. The molecule has 0 aromatic heterocycles. The Kier molecular flexibility index (Phi) is 3.47. The van der Waals surface area contributed by atoms with Gasteiger partial charge in [-0.15, -0.1) is 0 Å². The van der Waals surface area contributed by atoms with Gasteiger partial charge in [0.15, 0.2) is 0 Å². The van der Waals surface area contributed by atoms with Gasteiger partial charge in [0.1, 0.15) is 17.2 Å². The lowest BCUT2D eigenvalue weighted by atomic mass is 10.0. The summed E-state index contributed by atoms with van der Waals surface area (Å²) < 4.78 is 26.8. The zero-order chi connectivity index (χ0) is 15.1. The number of aliphatic carboxylic acids is 1. The molecule has 0 aliphatic carbocycles. The van der Waals surface area contributed by atoms with Gasteiger partial charge in [0.25, 0.3) is 5.91 Å². The zero-order valence-corrected chi connectivity index (χ0v) is 10.8. The van der Waals surface area contributed by atoms with Crippen LogP contribution in [0.25, 0.3) is 0 Å². The van der Waals surface area contributed by atoms with E-state index in [0.717, 1.165) is 6.07 Å². The van der Waals surface area contributed by atoms with Crippen molar-refractivity contribution in [2.24, 2.45) is 5.73 Å². The summed E-state index contributed by atoms with van der Waals surface area (Å²) in [5.74, 6) is -3.59. The third kappa shape index (κ3) is 2.36. The first-order chi connectivity index (χ1) is 9.24. The number of likely N-dealkylation sites (tertiary alicyclic amines) is 1. The number of rotatable bonds is 2. The van der Waals surface area contributed by atoms with Gasteiger partial charge in [-0.3, -0.25) is 9.59 Å². The second kappa shape index (κ2) is 4.82. The monoisotopic (exact) mass is 284 g/mol. The van der Waals surface area contributed by atoms with E-state index >= 15 is 0 Å². The molecule has 7 heteroatoms. The highest BCUT2D eigenvalue weighted by molar-refractivity contribution is 5.95. The summed E-state index contributed by atoms with van der Waals surface area (Å²) in [5, 5.41) is 8.99. The van der Waals surface area contributed by atoms with Gasteiger partial charge in [-0.2, -0.15) is 0 Å². The summed E-state index contributed by atoms with van der Waals surface area (Å²) in [5.41, 5.74) is 4.01. The van der Waals surface area contributed by atoms with E-state index in [9.17, 15) is 18.4 Å². The van der Waals surface area contributed by atoms with Gasteiger partial charge in [-0.25, -0.2) is 8.78 Å². The van der Waals surface area contributed by atoms with Crippen LogP contribution in [0.2, 0.25) is 0 Å². The molecular formula is C13H14F2N2O3. The first-order valence-electron chi connectivity index (χ1n) is 6.02. The molecule has 0 spiro atoms. The Bertz CT molecular complexity index is 591. The van der Waals surface area contributed by atoms with Crippen LogP contribution in [0, 0.1) is 18.6 Å². The number of benzene rings is 1. The van der Waals surface area contributed by atoms with Crippen LogP contribution in [0.1, 0.15) is 22.3 Å². The predicted molar refractivity (Wildman–Crippen MR) is 66.2 cm³/mol. The van der Waals surface area contributed by atoms with Gasteiger partial charge >= 0.3 is 5.97 Å². The van der Waals surface area contributed by atoms with E-state index in [1.807, 2.05) is 0 Å². The van der Waals surface area contributed by atoms with Crippen molar-refractivity contribution < 1.29 is 23.5 Å². The maximum atomic E-state index is 13.7. The van der Waals surface area contributed by atoms with Crippen LogP contribution in [0.4, 0.5) is 8.78 Å². The van der Waals surface area contributed by atoms with Crippen molar-refractivity contribution in [1.82, 2.24) is 4.90 Å². The van der Waals surface area contributed by atoms with E-state index in [4.69, 9.17) is 10.8 Å². The highest BCUT2D eigenvalue weighted by Gasteiger charge is 2.43. The Morgan fingerprint density at radius 1 is 1.35 bits per heavy atom. The van der Waals surface area contributed by atoms with Gasteiger partial charge in [0, 0.05) is 19.2 Å². The van der Waals surface area contributed by atoms with Gasteiger partial charge in [-0.1, -0.05) is 0 Å². The maximum absolute atomic E-state index is 13.7. The number of carboxylic acids is 1. The fraction of sp³-hybridized carbons (Fsp3) is 0.385. The molecular weight excluding hydrogens is 270 g/mol. The first-order valence-corrected chi connectivity index (χ1v) is 6.02. The molecule has 20 heavy (non-hydrogen) atoms. The number of nitrogens with zero attached hydrogens (tertiary/aromatic N) is 1. The van der Waals surface area contributed by atoms with Crippen LogP contribution in [-0.2, 0) is 4.79 Å². The number of carbonyl (C=O) groups excluding carboxylic acids is 1. The number of carbonyl (C=O) groups is 2. The molecule has 2 rings (SSSR count). The predicted octanol–water partition coefficient (Wildman–Crippen LogP) is 0.901. The number of nitrogens with two attached hydrogens (primary N) is 1. The quantitative estimate of drug-likeness (QED) is 0.845. The SMILES string of the molecule is Cc1cc(C(=O)N2CCC(N)(C(=O)O)C2)c(F)cc1F. The van der Waals surface area contributed by atoms with E-state index in [-0.39, 0.29) is 30.6 Å². The minimum atomic E-state index is -1.51. The fourth-order valence-corrected chi connectivity index (χ4v) is 2.17. The number of hydrogen-bond acceptors (Lipinski definition) is 3. The molecule has 1 aromatic rings. The lowest BCUT2D eigenvalue weighted by Gasteiger charge is -2.20. The molecule has 1 aliphatic heterocycles. The van der Waals surface area contributed by atoms with E-state index in [2.05, 4.69) is 0 Å². The first kappa shape index (κ1) is 14.4. The molecule has 1 atom stereocenters. The number of aryl methyl sites for hydroxylation is 1. The van der Waals surface area contributed by atoms with Crippen molar-refractivity contribution in [2.75, 3.05) is 13.1 Å². The Balaban J connectivity index is 2.26. The third-order valence-corrected chi connectivity index (χ3v) is 3.49. The minimum Gasteiger partial charge on any atom is -0.480 e. The minimum absolute atomic E-state index is 0.0931. The van der Waals surface area contributed by atoms with Crippen LogP contribution in [-0.4, -0.2) is 40.5 Å². The molecule has 108 valence electrons. The van der Waals surface area contributed by atoms with Crippen molar-refractivity contribution in [3.63, 3.8) is 0 Å². The van der Waals surface area contributed by atoms with Crippen LogP contribution in [0.15, 0.2) is 12.1 Å². The van der Waals surface area contributed by atoms with Crippen molar-refractivity contribution in [3.05, 3.63) is 34.9 Å². The van der Waals surface area contributed by atoms with Gasteiger partial charge in [-0.05, 0) is 25.0 Å². The molecule has 1 amide bonds. The van der Waals surface area contributed by atoms with Gasteiger partial charge in [0.2, 0.25) is 0 Å². The maximum Gasteiger partial charge on any atom is 0.325 e. The Hall–Kier alpha value is -2.02. The molecule has 0 radical (unpaired) electrons. The second-order valence-corrected chi connectivity index (χ2v) is 5.02. The molecule has 0 saturated carbocycles. The average Bonchev–Trinajstić information content (AvgIpc) is 2.77. The Labute approximate surface area is 114 Å². The Morgan fingerprint density at radius 2 is 2.00 bits per heavy atom. The van der Waals surface area contributed by atoms with Crippen molar-refractivity contribution in [2.45, 2.75) is 18.9 Å². The summed E-state index contributed by atoms with van der Waals surface area (Å²) in [6, 6.07) is 1.76. The zero-order valence-electron chi connectivity index (χ0n) is 10.8. The second-order valence-electron chi connectivity index (χ2n) is 5.02. The summed E-state index contributed by atoms with van der Waals surface area (Å²) in [6.07, 6.45) is 0.0931. The topological polar surface area (TPSA) is 83.6 Å². The smallest absolute Gasteiger partial charge is 0.325 e. The molecule has 0 bridgehead atoms. The normalized spacial score (nSPS) is 22.1. The van der Waals surface area contributed by atoms with E-state index < -0.39 is 29.0 Å². The summed E-state index contributed by atoms with van der Waals surface area (Å²) in [7, 11) is 0. The molecule has 5 nitrogen and oxygen atoms in total. The molecule has 1 saturated heterocycles. The van der Waals surface area contributed by atoms with E-state index in [0.29, 0.717) is 6.07 Å². The van der Waals surface area contributed by atoms with Gasteiger partial charge in [0.05, 0.1) is 5.56 Å². The summed E-state index contributed by atoms with van der Waals surface area (Å²) in [6.45, 7) is 1.34. The van der Waals surface area contributed by atoms with Crippen molar-refractivity contribution >= 4 is 11.9 Å². The summed E-state index contributed by atoms with van der Waals surface area (Å²) >= 11 is 0. The largest absolute Gasteiger partial charge is 0.480 e. The molecule has 1 unspecified atom stereocenters. The van der Waals surface area contributed by atoms with Crippen LogP contribution in [0.5, 0.6) is 0 Å². The van der Waals surface area contributed by atoms with E-state index in [1.165, 1.54) is 11.8 Å². The van der Waals surface area contributed by atoms with Gasteiger partial charge < -0.3 is 15.7 Å². The molecule has 3 N–H and O–H groups in total. The molecule has 1 aromatic carbocycles. The van der Waals surface area contributed by atoms with Crippen LogP contribution >= 0.6 is 0 Å². The van der Waals surface area contributed by atoms with Crippen molar-refractivity contribution in [3.8, 4) is 0 Å². The highest BCUT2D eigenvalue weighted by atomic mass is 19.1. The average molecular weight is 284 g/mol. The van der Waals surface area contributed by atoms with E-state index in [1.54, 1.807) is 0 Å². The lowest BCUT2D eigenvalue weighted by molar-refractivity contribution is -0.142. The number of hydrogen-bond donors (Lipinski definition) is 2. The third-order valence-electron chi connectivity index (χ3n) is 3.49. The van der Waals surface area contributed by atoms with Crippen LogP contribution < -0.4 is 5.73 Å². The fourth-order valence-electron chi connectivity index (χ4n) is 2.17. The highest BCUT2D eigenvalue weighted by Crippen LogP contribution is 2.23. The lowest BCUT2D eigenvalue weighted by Crippen LogP contribution is -2.50. The summed E-state index contributed by atoms with van der Waals surface area (Å²) in [4.78, 5) is 24.3. The molecule has 1 heterocycles. The molecule has 1 aliphatic rings. The number of halogens is 2. The van der Waals surface area contributed by atoms with Crippen molar-refractivity contribution in [1.29, 1.82) is 0 Å². The Morgan fingerprint density at radius 3 is 2.55 bits per heavy atom. The standard InChI is InChI=1S/C13H14F2N2O3/c1-7-4-8(10(15)5-9(7)14)11(18)17-3-2-13(16,6-17)12(19)20/h4-5H,2-3,6,16H2,1H3,(H,19,20). The number of amides is 1.